The quantitative estimate of drug-likeness (QED) is 0.0309. The van der Waals surface area contributed by atoms with Gasteiger partial charge in [-0.1, -0.05) is 101 Å². The van der Waals surface area contributed by atoms with Gasteiger partial charge in [0.15, 0.2) is 6.10 Å². The van der Waals surface area contributed by atoms with Gasteiger partial charge in [0, 0.05) is 19.3 Å². The lowest BCUT2D eigenvalue weighted by Crippen LogP contribution is -2.55. The van der Waals surface area contributed by atoms with E-state index in [0.29, 0.717) is 12.8 Å². The highest BCUT2D eigenvalue weighted by Crippen LogP contribution is 2.11. The second kappa shape index (κ2) is 31.6. The molecule has 0 radical (unpaired) electrons. The van der Waals surface area contributed by atoms with Gasteiger partial charge in [0.1, 0.15) is 12.6 Å². The van der Waals surface area contributed by atoms with E-state index in [1.165, 1.54) is 38.5 Å². The van der Waals surface area contributed by atoms with Crippen molar-refractivity contribution in [2.45, 2.75) is 148 Å². The Bertz CT molecular complexity index is 932. The van der Waals surface area contributed by atoms with Crippen molar-refractivity contribution in [3.8, 4) is 0 Å². The van der Waals surface area contributed by atoms with Crippen molar-refractivity contribution >= 4 is 17.9 Å². The topological polar surface area (TPSA) is 102 Å². The van der Waals surface area contributed by atoms with Crippen LogP contribution in [0.1, 0.15) is 136 Å². The summed E-state index contributed by atoms with van der Waals surface area (Å²) in [5.41, 5.74) is 0. The van der Waals surface area contributed by atoms with E-state index >= 15 is 0 Å². The van der Waals surface area contributed by atoms with E-state index < -0.39 is 18.1 Å². The summed E-state index contributed by atoms with van der Waals surface area (Å²) >= 11 is 0. The number of carbonyl (C=O) groups is 3. The minimum absolute atomic E-state index is 0.0146. The molecule has 0 fully saturated rings. The number of hydrogen-bond acceptors (Lipinski definition) is 7. The lowest BCUT2D eigenvalue weighted by atomic mass is 10.1. The summed E-state index contributed by atoms with van der Waals surface area (Å²) < 4.78 is 17.0. The van der Waals surface area contributed by atoms with Crippen LogP contribution in [0, 0.1) is 0 Å². The predicted molar refractivity (Wildman–Crippen MR) is 194 cm³/mol. The fourth-order valence-corrected chi connectivity index (χ4v) is 5.03. The first kappa shape index (κ1) is 45.3. The average Bonchev–Trinajstić information content (AvgIpc) is 3.03. The predicted octanol–water partition coefficient (Wildman–Crippen LogP) is 7.96. The molecule has 0 aromatic rings. The van der Waals surface area contributed by atoms with Gasteiger partial charge in [-0.15, -0.1) is 0 Å². The molecular formula is C40H69NO7. The summed E-state index contributed by atoms with van der Waals surface area (Å²) in [6, 6.07) is -0.735. The van der Waals surface area contributed by atoms with Gasteiger partial charge in [-0.2, -0.15) is 0 Å². The summed E-state index contributed by atoms with van der Waals surface area (Å²) in [5, 5.41) is 11.6. The summed E-state index contributed by atoms with van der Waals surface area (Å²) in [7, 11) is 5.36. The number of unbranched alkanes of at least 4 members (excludes halogenated alkanes) is 10. The van der Waals surface area contributed by atoms with Crippen LogP contribution in [0.15, 0.2) is 48.6 Å². The summed E-state index contributed by atoms with van der Waals surface area (Å²) in [6.07, 6.45) is 34.4. The fourth-order valence-electron chi connectivity index (χ4n) is 5.03. The number of likely N-dealkylation sites (N-methyl/N-ethyl adjacent to an activating group) is 1. The summed E-state index contributed by atoms with van der Waals surface area (Å²) in [4.78, 5) is 36.5. The molecule has 0 spiro atoms. The number of allylic oxidation sites excluding steroid dienone is 8. The normalized spacial score (nSPS) is 13.6. The molecule has 48 heavy (non-hydrogen) atoms. The Morgan fingerprint density at radius 1 is 0.646 bits per heavy atom. The fraction of sp³-hybridized carbons (Fsp3) is 0.725. The van der Waals surface area contributed by atoms with E-state index in [4.69, 9.17) is 14.2 Å². The largest absolute Gasteiger partial charge is 0.544 e. The van der Waals surface area contributed by atoms with E-state index in [1.54, 1.807) is 21.1 Å². The van der Waals surface area contributed by atoms with Crippen molar-refractivity contribution in [2.24, 2.45) is 0 Å². The Hall–Kier alpha value is -2.71. The Labute approximate surface area is 293 Å². The van der Waals surface area contributed by atoms with Crippen molar-refractivity contribution in [1.82, 2.24) is 0 Å². The SMILES string of the molecule is CC/C=C/C/C=C/C/C=C/CCCC(=O)OC(COCCC(C(=O)[O-])[N+](C)(C)C)COC(=O)CCCCC/C=C/CCCCCCCC. The Morgan fingerprint density at radius 2 is 1.19 bits per heavy atom. The first-order valence-electron chi connectivity index (χ1n) is 18.7. The molecule has 0 aromatic carbocycles. The monoisotopic (exact) mass is 676 g/mol. The van der Waals surface area contributed by atoms with Crippen molar-refractivity contribution in [2.75, 3.05) is 41.0 Å². The molecule has 0 aliphatic carbocycles. The van der Waals surface area contributed by atoms with Gasteiger partial charge in [0.05, 0.1) is 40.3 Å². The maximum absolute atomic E-state index is 12.6. The van der Waals surface area contributed by atoms with E-state index in [0.717, 1.165) is 57.8 Å². The van der Waals surface area contributed by atoms with Crippen LogP contribution < -0.4 is 5.11 Å². The van der Waals surface area contributed by atoms with Crippen molar-refractivity contribution < 1.29 is 38.2 Å². The van der Waals surface area contributed by atoms with Crippen LogP contribution in [0.25, 0.3) is 0 Å². The summed E-state index contributed by atoms with van der Waals surface area (Å²) in [5.74, 6) is -1.84. The van der Waals surface area contributed by atoms with Gasteiger partial charge in [0.2, 0.25) is 0 Å². The number of carboxylic acid groups (broad SMARTS) is 1. The molecule has 8 heteroatoms. The molecule has 0 saturated carbocycles. The van der Waals surface area contributed by atoms with Gasteiger partial charge in [-0.3, -0.25) is 9.59 Å². The maximum atomic E-state index is 12.6. The molecule has 2 unspecified atom stereocenters. The van der Waals surface area contributed by atoms with E-state index in [2.05, 4.69) is 62.5 Å². The maximum Gasteiger partial charge on any atom is 0.306 e. The number of rotatable bonds is 32. The highest BCUT2D eigenvalue weighted by molar-refractivity contribution is 5.70. The molecule has 276 valence electrons. The van der Waals surface area contributed by atoms with Gasteiger partial charge >= 0.3 is 11.9 Å². The van der Waals surface area contributed by atoms with Crippen LogP contribution in [0.5, 0.6) is 0 Å². The van der Waals surface area contributed by atoms with Gasteiger partial charge in [-0.25, -0.2) is 0 Å². The minimum atomic E-state index is -1.14. The van der Waals surface area contributed by atoms with Crippen LogP contribution in [0.2, 0.25) is 0 Å². The highest BCUT2D eigenvalue weighted by Gasteiger charge is 2.25. The first-order valence-corrected chi connectivity index (χ1v) is 18.7. The van der Waals surface area contributed by atoms with Crippen LogP contribution >= 0.6 is 0 Å². The average molecular weight is 676 g/mol. The first-order chi connectivity index (χ1) is 23.1. The second-order valence-electron chi connectivity index (χ2n) is 13.4. The van der Waals surface area contributed by atoms with Gasteiger partial charge < -0.3 is 28.6 Å². The number of quaternary nitrogens is 1. The molecular weight excluding hydrogens is 606 g/mol. The number of ether oxygens (including phenoxy) is 3. The molecule has 8 nitrogen and oxygen atoms in total. The molecule has 0 heterocycles. The smallest absolute Gasteiger partial charge is 0.306 e. The molecule has 0 amide bonds. The Kier molecular flexibility index (Phi) is 29.8. The zero-order valence-corrected chi connectivity index (χ0v) is 31.1. The molecule has 2 atom stereocenters. The lowest BCUT2D eigenvalue weighted by molar-refractivity contribution is -0.889. The zero-order valence-electron chi connectivity index (χ0n) is 31.1. The second-order valence-corrected chi connectivity index (χ2v) is 13.4. The third-order valence-electron chi connectivity index (χ3n) is 7.95. The standard InChI is InChI=1S/C40H69NO7/c1-6-8-10-12-14-16-18-19-21-22-24-26-28-30-38(42)47-35-36(34-46-33-32-37(40(44)45)41(3,4)5)48-39(43)31-29-27-25-23-20-17-15-13-11-9-7-2/h9,11,15,17,19,21,23,25,36-37H,6-8,10,12-14,16,18,20,22,24,26-35H2,1-5H3/b11-9+,17-15+,21-19+,25-23+. The van der Waals surface area contributed by atoms with Gasteiger partial charge in [0.25, 0.3) is 0 Å². The number of carboxylic acids is 1. The minimum Gasteiger partial charge on any atom is -0.544 e. The number of esters is 2. The molecule has 0 bridgehead atoms. The highest BCUT2D eigenvalue weighted by atomic mass is 16.6. The number of nitrogens with zero attached hydrogens (tertiary/aromatic N) is 1. The zero-order chi connectivity index (χ0) is 35.7. The third kappa shape index (κ3) is 29.4. The number of hydrogen-bond donors (Lipinski definition) is 0. The van der Waals surface area contributed by atoms with Crippen molar-refractivity contribution in [3.63, 3.8) is 0 Å². The molecule has 0 aliphatic rings. The van der Waals surface area contributed by atoms with Crippen molar-refractivity contribution in [1.29, 1.82) is 0 Å². The van der Waals surface area contributed by atoms with Crippen molar-refractivity contribution in [3.05, 3.63) is 48.6 Å². The lowest BCUT2D eigenvalue weighted by Gasteiger charge is -2.34. The molecule has 0 aromatic heterocycles. The Morgan fingerprint density at radius 3 is 1.81 bits per heavy atom. The van der Waals surface area contributed by atoms with E-state index in [1.807, 2.05) is 0 Å². The molecule has 0 N–H and O–H groups in total. The molecule has 0 saturated heterocycles. The van der Waals surface area contributed by atoms with Crippen LogP contribution in [0.4, 0.5) is 0 Å². The number of carbonyl (C=O) groups excluding carboxylic acids is 3. The van der Waals surface area contributed by atoms with Gasteiger partial charge in [-0.05, 0) is 64.2 Å². The number of aliphatic carboxylic acids is 1. The van der Waals surface area contributed by atoms with Crippen LogP contribution in [-0.2, 0) is 28.6 Å². The molecule has 0 aliphatic heterocycles. The van der Waals surface area contributed by atoms with E-state index in [-0.39, 0.29) is 49.1 Å². The summed E-state index contributed by atoms with van der Waals surface area (Å²) in [6.45, 7) is 4.43. The van der Waals surface area contributed by atoms with E-state index in [9.17, 15) is 19.5 Å². The van der Waals surface area contributed by atoms with Crippen LogP contribution in [-0.4, -0.2) is 75.5 Å². The molecule has 0 rings (SSSR count). The Balaban J connectivity index is 4.53. The van der Waals surface area contributed by atoms with Crippen LogP contribution in [0.3, 0.4) is 0 Å². The third-order valence-corrected chi connectivity index (χ3v) is 7.95.